The molecule has 0 saturated carbocycles. The molecule has 2 amide bonds. The molecule has 0 bridgehead atoms. The minimum absolute atomic E-state index is 0.00200. The zero-order valence-corrected chi connectivity index (χ0v) is 14.7. The van der Waals surface area contributed by atoms with Gasteiger partial charge in [0.1, 0.15) is 0 Å². The molecule has 0 spiro atoms. The Labute approximate surface area is 145 Å². The Bertz CT molecular complexity index is 754. The smallest absolute Gasteiger partial charge is 0.227 e. The lowest BCUT2D eigenvalue weighted by Gasteiger charge is -2.24. The maximum absolute atomic E-state index is 12.2. The van der Waals surface area contributed by atoms with E-state index in [0.717, 1.165) is 16.9 Å². The van der Waals surface area contributed by atoms with E-state index in [0.29, 0.717) is 30.3 Å². The van der Waals surface area contributed by atoms with Gasteiger partial charge in [-0.2, -0.15) is 0 Å². The number of fused-ring (bicyclic) bond motifs is 1. The van der Waals surface area contributed by atoms with Crippen molar-refractivity contribution in [3.63, 3.8) is 0 Å². The molecule has 1 aromatic carbocycles. The summed E-state index contributed by atoms with van der Waals surface area (Å²) in [7, 11) is 0. The highest BCUT2D eigenvalue weighted by Gasteiger charge is 2.26. The second-order valence-electron chi connectivity index (χ2n) is 6.37. The summed E-state index contributed by atoms with van der Waals surface area (Å²) < 4.78 is 0. The van der Waals surface area contributed by atoms with Gasteiger partial charge in [0.2, 0.25) is 11.8 Å². The Hall–Kier alpha value is -2.21. The molecule has 2 heterocycles. The van der Waals surface area contributed by atoms with Gasteiger partial charge in [-0.05, 0) is 30.4 Å². The minimum Gasteiger partial charge on any atom is -0.326 e. The molecule has 0 aliphatic carbocycles. The quantitative estimate of drug-likeness (QED) is 0.867. The topological polar surface area (TPSA) is 71.1 Å². The van der Waals surface area contributed by atoms with Crippen LogP contribution in [0, 0.1) is 5.92 Å². The van der Waals surface area contributed by atoms with Crippen molar-refractivity contribution < 1.29 is 9.59 Å². The van der Waals surface area contributed by atoms with Crippen LogP contribution in [0.1, 0.15) is 43.9 Å². The average molecular weight is 343 g/mol. The third kappa shape index (κ3) is 3.82. The third-order valence-electron chi connectivity index (χ3n) is 4.19. The number of anilines is 2. The number of hydrogen-bond donors (Lipinski definition) is 2. The second kappa shape index (κ2) is 7.13. The number of hydrogen-bond acceptors (Lipinski definition) is 4. The van der Waals surface area contributed by atoms with Crippen molar-refractivity contribution in [1.29, 1.82) is 0 Å². The number of carbonyl (C=O) groups is 2. The highest BCUT2D eigenvalue weighted by atomic mass is 32.1. The van der Waals surface area contributed by atoms with Gasteiger partial charge in [-0.15, -0.1) is 11.3 Å². The van der Waals surface area contributed by atoms with Crippen LogP contribution in [0.3, 0.4) is 0 Å². The predicted octanol–water partition coefficient (Wildman–Crippen LogP) is 3.80. The maximum Gasteiger partial charge on any atom is 0.227 e. The van der Waals surface area contributed by atoms with Gasteiger partial charge in [0.25, 0.3) is 0 Å². The molecule has 5 nitrogen and oxygen atoms in total. The van der Waals surface area contributed by atoms with E-state index in [1.54, 1.807) is 0 Å². The molecular weight excluding hydrogens is 322 g/mol. The van der Waals surface area contributed by atoms with E-state index in [1.165, 1.54) is 11.3 Å². The molecule has 6 heteroatoms. The fourth-order valence-corrected chi connectivity index (χ4v) is 3.63. The van der Waals surface area contributed by atoms with Gasteiger partial charge in [0.05, 0.1) is 5.69 Å². The molecule has 126 valence electrons. The van der Waals surface area contributed by atoms with Crippen molar-refractivity contribution >= 4 is 34.0 Å². The minimum atomic E-state index is -0.159. The van der Waals surface area contributed by atoms with Gasteiger partial charge in [-0.3, -0.25) is 9.59 Å². The first kappa shape index (κ1) is 16.6. The molecule has 1 aromatic heterocycles. The molecular formula is C18H21N3O2S. The first-order valence-corrected chi connectivity index (χ1v) is 9.05. The summed E-state index contributed by atoms with van der Waals surface area (Å²) in [6, 6.07) is 7.80. The van der Waals surface area contributed by atoms with Gasteiger partial charge >= 0.3 is 0 Å². The molecule has 1 aliphatic heterocycles. The predicted molar refractivity (Wildman–Crippen MR) is 96.3 cm³/mol. The van der Waals surface area contributed by atoms with Crippen molar-refractivity contribution in [2.75, 3.05) is 10.6 Å². The molecule has 2 N–H and O–H groups in total. The van der Waals surface area contributed by atoms with E-state index in [1.807, 2.05) is 29.6 Å². The number of rotatable bonds is 5. The maximum atomic E-state index is 12.2. The summed E-state index contributed by atoms with van der Waals surface area (Å²) in [6.45, 7) is 4.14. The van der Waals surface area contributed by atoms with Crippen LogP contribution in [0.25, 0.3) is 0 Å². The van der Waals surface area contributed by atoms with E-state index in [-0.39, 0.29) is 17.7 Å². The van der Waals surface area contributed by atoms with Crippen molar-refractivity contribution in [2.24, 2.45) is 5.92 Å². The number of aromatic nitrogens is 1. The summed E-state index contributed by atoms with van der Waals surface area (Å²) in [4.78, 5) is 28.7. The molecule has 2 aromatic rings. The Morgan fingerprint density at radius 3 is 2.96 bits per heavy atom. The third-order valence-corrected chi connectivity index (χ3v) is 4.97. The monoisotopic (exact) mass is 343 g/mol. The number of thiazole rings is 1. The normalized spacial score (nSPS) is 16.6. The van der Waals surface area contributed by atoms with E-state index < -0.39 is 0 Å². The van der Waals surface area contributed by atoms with Gasteiger partial charge in [0, 0.05) is 23.4 Å². The summed E-state index contributed by atoms with van der Waals surface area (Å²) in [6.07, 6.45) is 1.54. The average Bonchev–Trinajstić information content (AvgIpc) is 3.01. The number of nitrogens with zero attached hydrogens (tertiary/aromatic N) is 1. The Morgan fingerprint density at radius 2 is 2.21 bits per heavy atom. The highest BCUT2D eigenvalue weighted by molar-refractivity contribution is 7.13. The van der Waals surface area contributed by atoms with Gasteiger partial charge in [-0.1, -0.05) is 32.0 Å². The second-order valence-corrected chi connectivity index (χ2v) is 7.22. The molecule has 3 rings (SSSR count). The van der Waals surface area contributed by atoms with Crippen LogP contribution in [-0.2, 0) is 16.0 Å². The van der Waals surface area contributed by atoms with Crippen LogP contribution in [-0.4, -0.2) is 16.8 Å². The number of amides is 2. The van der Waals surface area contributed by atoms with Crippen LogP contribution in [0.5, 0.6) is 0 Å². The lowest BCUT2D eigenvalue weighted by atomic mass is 9.89. The van der Waals surface area contributed by atoms with Crippen molar-refractivity contribution in [3.8, 4) is 0 Å². The molecule has 1 atom stereocenters. The summed E-state index contributed by atoms with van der Waals surface area (Å²) >= 11 is 1.44. The Morgan fingerprint density at radius 1 is 1.42 bits per heavy atom. The van der Waals surface area contributed by atoms with Gasteiger partial charge in [0.15, 0.2) is 5.13 Å². The Kier molecular flexibility index (Phi) is 4.94. The SMILES string of the molecule is CC(C)c1csc(NC(=O)CCC2Cc3ccccc3NC2=O)n1. The lowest BCUT2D eigenvalue weighted by molar-refractivity contribution is -0.121. The van der Waals surface area contributed by atoms with E-state index in [4.69, 9.17) is 0 Å². The number of carbonyl (C=O) groups excluding carboxylic acids is 2. The van der Waals surface area contributed by atoms with E-state index >= 15 is 0 Å². The zero-order valence-electron chi connectivity index (χ0n) is 13.8. The molecule has 0 saturated heterocycles. The van der Waals surface area contributed by atoms with Crippen LogP contribution >= 0.6 is 11.3 Å². The van der Waals surface area contributed by atoms with Gasteiger partial charge in [-0.25, -0.2) is 4.98 Å². The summed E-state index contributed by atoms with van der Waals surface area (Å²) in [5.74, 6) is 0.0928. The van der Waals surface area contributed by atoms with Crippen molar-refractivity contribution in [1.82, 2.24) is 4.98 Å². The Balaban J connectivity index is 1.53. The van der Waals surface area contributed by atoms with Crippen LogP contribution in [0.2, 0.25) is 0 Å². The van der Waals surface area contributed by atoms with Gasteiger partial charge < -0.3 is 10.6 Å². The van der Waals surface area contributed by atoms with Crippen molar-refractivity contribution in [3.05, 3.63) is 40.9 Å². The fraction of sp³-hybridized carbons (Fsp3) is 0.389. The molecule has 0 fully saturated rings. The van der Waals surface area contributed by atoms with Crippen molar-refractivity contribution in [2.45, 2.75) is 39.0 Å². The first-order valence-electron chi connectivity index (χ1n) is 8.17. The molecule has 1 aliphatic rings. The number of para-hydroxylation sites is 1. The number of benzene rings is 1. The lowest BCUT2D eigenvalue weighted by Crippen LogP contribution is -2.30. The zero-order chi connectivity index (χ0) is 17.1. The van der Waals surface area contributed by atoms with Crippen LogP contribution in [0.4, 0.5) is 10.8 Å². The largest absolute Gasteiger partial charge is 0.326 e. The van der Waals surface area contributed by atoms with Crippen LogP contribution in [0.15, 0.2) is 29.6 Å². The highest BCUT2D eigenvalue weighted by Crippen LogP contribution is 2.28. The standard InChI is InChI=1S/C18H21N3O2S/c1-11(2)15-10-24-18(20-15)21-16(22)8-7-13-9-12-5-3-4-6-14(12)19-17(13)23/h3-6,10-11,13H,7-9H2,1-2H3,(H,19,23)(H,20,21,22). The number of nitrogens with one attached hydrogen (secondary N) is 2. The fourth-order valence-electron chi connectivity index (χ4n) is 2.74. The summed E-state index contributed by atoms with van der Waals surface area (Å²) in [5.41, 5.74) is 3.00. The molecule has 24 heavy (non-hydrogen) atoms. The molecule has 0 radical (unpaired) electrons. The van der Waals surface area contributed by atoms with E-state index in [9.17, 15) is 9.59 Å². The summed E-state index contributed by atoms with van der Waals surface area (Å²) in [5, 5.41) is 8.34. The van der Waals surface area contributed by atoms with Crippen LogP contribution < -0.4 is 10.6 Å². The first-order chi connectivity index (χ1) is 11.5. The van der Waals surface area contributed by atoms with E-state index in [2.05, 4.69) is 29.5 Å². The molecule has 1 unspecified atom stereocenters.